The number of nitrogen functional groups attached to an aromatic ring is 1. The second-order valence-corrected chi connectivity index (χ2v) is 5.47. The maximum Gasteiger partial charge on any atom is 0.316 e. The molecule has 0 bridgehead atoms. The van der Waals surface area contributed by atoms with Gasteiger partial charge in [-0.25, -0.2) is 0 Å². The second kappa shape index (κ2) is 5.44. The molecule has 4 N–H and O–H groups in total. The molecule has 104 valence electrons. The van der Waals surface area contributed by atoms with Crippen LogP contribution < -0.4 is 16.6 Å². The van der Waals surface area contributed by atoms with Crippen molar-refractivity contribution in [3.05, 3.63) is 28.3 Å². The van der Waals surface area contributed by atoms with Crippen molar-refractivity contribution in [2.75, 3.05) is 17.3 Å². The summed E-state index contributed by atoms with van der Waals surface area (Å²) in [5.41, 5.74) is 3.46. The van der Waals surface area contributed by atoms with E-state index >= 15 is 0 Å². The molecule has 19 heavy (non-hydrogen) atoms. The average Bonchev–Trinajstić information content (AvgIpc) is 2.83. The quantitative estimate of drug-likeness (QED) is 0.432. The average molecular weight is 264 g/mol. The third-order valence-corrected chi connectivity index (χ3v) is 3.89. The van der Waals surface area contributed by atoms with E-state index in [9.17, 15) is 10.1 Å². The number of nitro benzene ring substituents is 1. The lowest BCUT2D eigenvalue weighted by Crippen LogP contribution is -2.23. The van der Waals surface area contributed by atoms with Crippen LogP contribution in [-0.4, -0.2) is 11.5 Å². The number of hydrogen-bond acceptors (Lipinski definition) is 5. The Kier molecular flexibility index (Phi) is 3.90. The molecule has 1 aromatic rings. The largest absolute Gasteiger partial charge is 0.379 e. The highest BCUT2D eigenvalue weighted by Gasteiger charge is 2.29. The van der Waals surface area contributed by atoms with Gasteiger partial charge in [0.1, 0.15) is 11.4 Å². The Labute approximate surface area is 112 Å². The van der Waals surface area contributed by atoms with Gasteiger partial charge >= 0.3 is 5.69 Å². The molecule has 0 heterocycles. The van der Waals surface area contributed by atoms with Gasteiger partial charge in [0.05, 0.1) is 4.92 Å². The summed E-state index contributed by atoms with van der Waals surface area (Å²) < 4.78 is 0. The smallest absolute Gasteiger partial charge is 0.316 e. The third-order valence-electron chi connectivity index (χ3n) is 3.89. The molecule has 2 rings (SSSR count). The van der Waals surface area contributed by atoms with E-state index in [-0.39, 0.29) is 11.1 Å². The van der Waals surface area contributed by atoms with E-state index in [1.54, 1.807) is 18.2 Å². The van der Waals surface area contributed by atoms with E-state index in [0.29, 0.717) is 11.4 Å². The van der Waals surface area contributed by atoms with Crippen LogP contribution in [-0.2, 0) is 0 Å². The van der Waals surface area contributed by atoms with E-state index in [1.807, 2.05) is 0 Å². The molecular formula is C13H20N4O2. The van der Waals surface area contributed by atoms with Crippen molar-refractivity contribution in [1.82, 2.24) is 0 Å². The van der Waals surface area contributed by atoms with Crippen molar-refractivity contribution in [3.63, 3.8) is 0 Å². The molecule has 1 fully saturated rings. The number of hydrogen-bond donors (Lipinski definition) is 3. The van der Waals surface area contributed by atoms with Gasteiger partial charge in [0.15, 0.2) is 0 Å². The van der Waals surface area contributed by atoms with Crippen molar-refractivity contribution in [2.45, 2.75) is 32.6 Å². The van der Waals surface area contributed by atoms with Crippen LogP contribution in [0.3, 0.4) is 0 Å². The van der Waals surface area contributed by atoms with Crippen LogP contribution in [0.2, 0.25) is 0 Å². The van der Waals surface area contributed by atoms with Crippen LogP contribution >= 0.6 is 0 Å². The fraction of sp³-hybridized carbons (Fsp3) is 0.538. The minimum absolute atomic E-state index is 0.00611. The van der Waals surface area contributed by atoms with Crippen molar-refractivity contribution in [1.29, 1.82) is 0 Å². The maximum absolute atomic E-state index is 11.1. The number of nitrogens with two attached hydrogens (primary N) is 1. The van der Waals surface area contributed by atoms with Crippen LogP contribution in [0.15, 0.2) is 18.2 Å². The molecule has 0 atom stereocenters. The molecule has 0 aliphatic heterocycles. The minimum atomic E-state index is -0.408. The molecule has 1 aliphatic rings. The summed E-state index contributed by atoms with van der Waals surface area (Å²) in [5.74, 6) is 5.32. The molecule has 6 nitrogen and oxygen atoms in total. The first-order valence-electron chi connectivity index (χ1n) is 6.54. The van der Waals surface area contributed by atoms with Gasteiger partial charge < -0.3 is 10.7 Å². The van der Waals surface area contributed by atoms with Gasteiger partial charge in [0, 0.05) is 6.54 Å². The molecule has 0 unspecified atom stereocenters. The fourth-order valence-corrected chi connectivity index (χ4v) is 2.71. The molecule has 1 saturated carbocycles. The molecule has 0 aromatic heterocycles. The number of nitro groups is 1. The molecule has 1 aromatic carbocycles. The highest BCUT2D eigenvalue weighted by molar-refractivity contribution is 5.75. The Balaban J connectivity index is 2.17. The summed E-state index contributed by atoms with van der Waals surface area (Å²) >= 11 is 0. The van der Waals surface area contributed by atoms with Gasteiger partial charge in [0.25, 0.3) is 0 Å². The van der Waals surface area contributed by atoms with Gasteiger partial charge in [0.2, 0.25) is 0 Å². The van der Waals surface area contributed by atoms with Crippen molar-refractivity contribution < 1.29 is 4.92 Å². The molecule has 0 amide bonds. The Morgan fingerprint density at radius 3 is 2.58 bits per heavy atom. The summed E-state index contributed by atoms with van der Waals surface area (Å²) in [4.78, 5) is 10.7. The lowest BCUT2D eigenvalue weighted by atomic mass is 9.89. The predicted octanol–water partition coefficient (Wildman–Crippen LogP) is 2.87. The molecule has 0 saturated heterocycles. The summed E-state index contributed by atoms with van der Waals surface area (Å²) in [6.45, 7) is 2.98. The van der Waals surface area contributed by atoms with Crippen LogP contribution in [0.5, 0.6) is 0 Å². The number of para-hydroxylation sites is 1. The van der Waals surface area contributed by atoms with E-state index in [1.165, 1.54) is 25.7 Å². The van der Waals surface area contributed by atoms with Gasteiger partial charge in [-0.1, -0.05) is 25.8 Å². The number of hydrazine groups is 1. The summed E-state index contributed by atoms with van der Waals surface area (Å²) in [5, 5.41) is 14.4. The molecule has 0 radical (unpaired) electrons. The first kappa shape index (κ1) is 13.6. The van der Waals surface area contributed by atoms with Gasteiger partial charge in [-0.15, -0.1) is 0 Å². The van der Waals surface area contributed by atoms with E-state index in [2.05, 4.69) is 17.7 Å². The number of nitrogens with zero attached hydrogens (tertiary/aromatic N) is 1. The first-order chi connectivity index (χ1) is 9.06. The lowest BCUT2D eigenvalue weighted by Gasteiger charge is -2.24. The van der Waals surface area contributed by atoms with E-state index in [4.69, 9.17) is 5.84 Å². The van der Waals surface area contributed by atoms with Gasteiger partial charge in [-0.3, -0.25) is 16.0 Å². The maximum atomic E-state index is 11.1. The summed E-state index contributed by atoms with van der Waals surface area (Å²) in [6, 6.07) is 5.07. The highest BCUT2D eigenvalue weighted by Crippen LogP contribution is 2.39. The standard InChI is InChI=1S/C13H20N4O2/c1-13(7-2-3-8-13)9-15-10-5-4-6-11(16-14)12(10)17(18)19/h4-6,15-16H,2-3,7-9,14H2,1H3. The Hall–Kier alpha value is -1.82. The highest BCUT2D eigenvalue weighted by atomic mass is 16.6. The molecular weight excluding hydrogens is 244 g/mol. The monoisotopic (exact) mass is 264 g/mol. The van der Waals surface area contributed by atoms with Crippen LogP contribution in [0.25, 0.3) is 0 Å². The van der Waals surface area contributed by atoms with Crippen molar-refractivity contribution in [2.24, 2.45) is 11.3 Å². The van der Waals surface area contributed by atoms with Gasteiger partial charge in [-0.05, 0) is 30.4 Å². The Morgan fingerprint density at radius 2 is 2.00 bits per heavy atom. The fourth-order valence-electron chi connectivity index (χ4n) is 2.71. The van der Waals surface area contributed by atoms with Crippen molar-refractivity contribution >= 4 is 17.1 Å². The Morgan fingerprint density at radius 1 is 1.37 bits per heavy atom. The van der Waals surface area contributed by atoms with Crippen molar-refractivity contribution in [3.8, 4) is 0 Å². The molecule has 0 spiro atoms. The summed E-state index contributed by atoms with van der Waals surface area (Å²) in [6.07, 6.45) is 4.82. The Bertz CT molecular complexity index is 470. The van der Waals surface area contributed by atoms with Crippen LogP contribution in [0, 0.1) is 15.5 Å². The lowest BCUT2D eigenvalue weighted by molar-refractivity contribution is -0.383. The van der Waals surface area contributed by atoms with Crippen LogP contribution in [0.1, 0.15) is 32.6 Å². The minimum Gasteiger partial charge on any atom is -0.379 e. The van der Waals surface area contributed by atoms with E-state index in [0.717, 1.165) is 6.54 Å². The van der Waals surface area contributed by atoms with E-state index < -0.39 is 4.92 Å². The van der Waals surface area contributed by atoms with Crippen LogP contribution in [0.4, 0.5) is 17.1 Å². The second-order valence-electron chi connectivity index (χ2n) is 5.47. The predicted molar refractivity (Wildman–Crippen MR) is 76.0 cm³/mol. The summed E-state index contributed by atoms with van der Waals surface area (Å²) in [7, 11) is 0. The number of benzene rings is 1. The first-order valence-corrected chi connectivity index (χ1v) is 6.54. The topological polar surface area (TPSA) is 93.2 Å². The zero-order valence-electron chi connectivity index (χ0n) is 11.1. The third kappa shape index (κ3) is 2.96. The van der Waals surface area contributed by atoms with Gasteiger partial charge in [-0.2, -0.15) is 0 Å². The zero-order valence-corrected chi connectivity index (χ0v) is 11.1. The SMILES string of the molecule is CC1(CNc2cccc(NN)c2[N+](=O)[O-])CCCC1. The molecule has 6 heteroatoms. The molecule has 1 aliphatic carbocycles. The number of rotatable bonds is 5. The number of anilines is 2. The zero-order chi connectivity index (χ0) is 13.9. The number of nitrogens with one attached hydrogen (secondary N) is 2. The normalized spacial score (nSPS) is 17.2.